The maximum absolute atomic E-state index is 9.55. The van der Waals surface area contributed by atoms with Gasteiger partial charge in [-0.15, -0.1) is 0 Å². The Labute approximate surface area is 68.6 Å². The van der Waals surface area contributed by atoms with Gasteiger partial charge in [-0.2, -0.15) is 0 Å². The molecule has 0 aliphatic heterocycles. The van der Waals surface area contributed by atoms with Gasteiger partial charge in [0.15, 0.2) is 0 Å². The zero-order valence-corrected chi connectivity index (χ0v) is 8.61. The van der Waals surface area contributed by atoms with Gasteiger partial charge < -0.3 is 10.2 Å². The summed E-state index contributed by atoms with van der Waals surface area (Å²) in [5.74, 6) is -2.51. The molecule has 0 amide bonds. The van der Waals surface area contributed by atoms with Crippen LogP contribution >= 0.6 is 0 Å². The van der Waals surface area contributed by atoms with Crippen LogP contribution in [-0.2, 0) is 9.59 Å². The quantitative estimate of drug-likeness (QED) is 0.457. The Hall–Kier alpha value is -0.502. The summed E-state index contributed by atoms with van der Waals surface area (Å²) in [6.07, 6.45) is 1.12. The van der Waals surface area contributed by atoms with Crippen LogP contribution in [0.15, 0.2) is 12.2 Å². The third-order valence-corrected chi connectivity index (χ3v) is 0.368. The summed E-state index contributed by atoms with van der Waals surface area (Å²) >= 11 is 0. The fraction of sp³-hybridized carbons (Fsp3) is 0. The van der Waals surface area contributed by atoms with E-state index < -0.39 is 11.9 Å². The molecule has 0 aromatic heterocycles. The molecule has 9 heavy (non-hydrogen) atoms. The molecule has 0 aliphatic rings. The van der Waals surface area contributed by atoms with Crippen molar-refractivity contribution >= 4 is 36.4 Å². The van der Waals surface area contributed by atoms with Gasteiger partial charge in [0.05, 0.1) is 0 Å². The third-order valence-electron chi connectivity index (χ3n) is 0.368. The standard InChI is InChI=1S/C4H4O4.Sb.3H/c5-3(6)1-2-4(7)8;;;;/h1-2H,(H,5,6)(H,7,8);;;;/b2-1-;;;;. The van der Waals surface area contributed by atoms with E-state index in [0.717, 1.165) is 0 Å². The third kappa shape index (κ3) is 11.2. The van der Waals surface area contributed by atoms with E-state index in [9.17, 15) is 9.59 Å². The second kappa shape index (κ2) is 5.63. The molecule has 5 heteroatoms. The second-order valence-electron chi connectivity index (χ2n) is 1.01. The van der Waals surface area contributed by atoms with Crippen LogP contribution in [-0.4, -0.2) is 46.6 Å². The van der Waals surface area contributed by atoms with Crippen molar-refractivity contribution in [3.8, 4) is 0 Å². The Morgan fingerprint density at radius 2 is 1.22 bits per heavy atom. The van der Waals surface area contributed by atoms with E-state index in [1.807, 2.05) is 0 Å². The fourth-order valence-electron chi connectivity index (χ4n) is 0.143. The first kappa shape index (κ1) is 11.3. The number of hydrogen-bond donors (Lipinski definition) is 2. The molecule has 0 saturated carbocycles. The second-order valence-corrected chi connectivity index (χ2v) is 1.01. The van der Waals surface area contributed by atoms with Gasteiger partial charge in [0.2, 0.25) is 0 Å². The van der Waals surface area contributed by atoms with Crippen molar-refractivity contribution in [1.82, 2.24) is 0 Å². The van der Waals surface area contributed by atoms with E-state index in [0.29, 0.717) is 12.2 Å². The van der Waals surface area contributed by atoms with Crippen LogP contribution < -0.4 is 0 Å². The van der Waals surface area contributed by atoms with E-state index >= 15 is 0 Å². The molecule has 0 aromatic rings. The van der Waals surface area contributed by atoms with Crippen LogP contribution in [0.4, 0.5) is 0 Å². The van der Waals surface area contributed by atoms with Crippen LogP contribution in [0, 0.1) is 0 Å². The van der Waals surface area contributed by atoms with E-state index in [4.69, 9.17) is 10.2 Å². The zero-order chi connectivity index (χ0) is 6.57. The molecule has 0 radical (unpaired) electrons. The summed E-state index contributed by atoms with van der Waals surface area (Å²) in [6, 6.07) is 0. The molecular weight excluding hydrogens is 234 g/mol. The Morgan fingerprint density at radius 1 is 1.00 bits per heavy atom. The van der Waals surface area contributed by atoms with Crippen molar-refractivity contribution in [1.29, 1.82) is 0 Å². The van der Waals surface area contributed by atoms with Gasteiger partial charge in [-0.3, -0.25) is 0 Å². The van der Waals surface area contributed by atoms with Crippen LogP contribution in [0.5, 0.6) is 0 Å². The zero-order valence-electron chi connectivity index (χ0n) is 4.57. The number of hydrogen-bond acceptors (Lipinski definition) is 2. The molecule has 4 nitrogen and oxygen atoms in total. The average molecular weight is 241 g/mol. The Balaban J connectivity index is 0. The predicted octanol–water partition coefficient (Wildman–Crippen LogP) is -1.47. The summed E-state index contributed by atoms with van der Waals surface area (Å²) in [4.78, 5) is 19.1. The Kier molecular flexibility index (Phi) is 7.08. The van der Waals surface area contributed by atoms with Gasteiger partial charge in [0.25, 0.3) is 0 Å². The SMILES string of the molecule is O=C(O)/C=C\C(=O)O.[SbH3]. The van der Waals surface area contributed by atoms with Crippen LogP contribution in [0.3, 0.4) is 0 Å². The van der Waals surface area contributed by atoms with Crippen LogP contribution in [0.2, 0.25) is 0 Å². The molecule has 0 bridgehead atoms. The molecule has 0 atom stereocenters. The summed E-state index contributed by atoms with van der Waals surface area (Å²) < 4.78 is 0. The number of carboxylic acid groups (broad SMARTS) is 2. The topological polar surface area (TPSA) is 74.6 Å². The van der Waals surface area contributed by atoms with E-state index in [2.05, 4.69) is 0 Å². The molecule has 0 heterocycles. The van der Waals surface area contributed by atoms with Gasteiger partial charge in [-0.1, -0.05) is 0 Å². The first-order chi connectivity index (χ1) is 3.63. The van der Waals surface area contributed by atoms with E-state index in [1.54, 1.807) is 0 Å². The average Bonchev–Trinajstić information content (AvgIpc) is 1.61. The van der Waals surface area contributed by atoms with E-state index in [1.165, 1.54) is 0 Å². The van der Waals surface area contributed by atoms with Crippen molar-refractivity contribution in [3.05, 3.63) is 12.2 Å². The Morgan fingerprint density at radius 3 is 1.33 bits per heavy atom. The predicted molar refractivity (Wildman–Crippen MR) is 34.4 cm³/mol. The fourth-order valence-corrected chi connectivity index (χ4v) is 0.143. The molecule has 0 spiro atoms. The summed E-state index contributed by atoms with van der Waals surface area (Å²) in [5, 5.41) is 15.6. The molecule has 0 aromatic carbocycles. The minimum absolute atomic E-state index is 0. The van der Waals surface area contributed by atoms with Crippen molar-refractivity contribution < 1.29 is 19.8 Å². The van der Waals surface area contributed by atoms with E-state index in [-0.39, 0.29) is 24.4 Å². The normalized spacial score (nSPS) is 8.44. The van der Waals surface area contributed by atoms with Crippen LogP contribution in [0.25, 0.3) is 0 Å². The number of aliphatic carboxylic acids is 2. The van der Waals surface area contributed by atoms with Gasteiger partial charge in [-0.25, -0.2) is 9.59 Å². The van der Waals surface area contributed by atoms with Crippen molar-refractivity contribution in [2.45, 2.75) is 0 Å². The first-order valence-electron chi connectivity index (χ1n) is 1.77. The van der Waals surface area contributed by atoms with Crippen molar-refractivity contribution in [2.24, 2.45) is 0 Å². The molecule has 0 unspecified atom stereocenters. The molecule has 52 valence electrons. The summed E-state index contributed by atoms with van der Waals surface area (Å²) in [5.41, 5.74) is 0. The minimum atomic E-state index is -1.26. The monoisotopic (exact) mass is 240 g/mol. The molecule has 2 N–H and O–H groups in total. The van der Waals surface area contributed by atoms with Crippen molar-refractivity contribution in [3.63, 3.8) is 0 Å². The van der Waals surface area contributed by atoms with Gasteiger partial charge in [-0.05, 0) is 0 Å². The van der Waals surface area contributed by atoms with Gasteiger partial charge in [0.1, 0.15) is 0 Å². The van der Waals surface area contributed by atoms with Crippen molar-refractivity contribution in [2.75, 3.05) is 0 Å². The number of rotatable bonds is 2. The summed E-state index contributed by atoms with van der Waals surface area (Å²) in [6.45, 7) is 0. The Bertz CT molecular complexity index is 124. The van der Waals surface area contributed by atoms with Gasteiger partial charge >= 0.3 is 36.4 Å². The molecule has 0 saturated heterocycles. The molecule has 0 rings (SSSR count). The molecule has 0 fully saturated rings. The van der Waals surface area contributed by atoms with Gasteiger partial charge in [0, 0.05) is 12.2 Å². The summed E-state index contributed by atoms with van der Waals surface area (Å²) in [7, 11) is 0. The first-order valence-corrected chi connectivity index (χ1v) is 1.77. The maximum atomic E-state index is 9.55. The molecular formula is C4H7O4Sb. The number of carbonyl (C=O) groups is 2. The molecule has 0 aliphatic carbocycles. The van der Waals surface area contributed by atoms with Crippen LogP contribution in [0.1, 0.15) is 0 Å². The number of carboxylic acids is 2.